The van der Waals surface area contributed by atoms with Crippen molar-refractivity contribution in [3.8, 4) is 0 Å². The van der Waals surface area contributed by atoms with Gasteiger partial charge >= 0.3 is 0 Å². The molecular formula is C17H18Cl2N2. The van der Waals surface area contributed by atoms with E-state index in [1.807, 2.05) is 6.07 Å². The SMILES string of the molecule is Cc1cccc(Cc2nc(Cl)c(C3CCCC3)c(Cl)n2)c1. The molecule has 2 nitrogen and oxygen atoms in total. The predicted octanol–water partition coefficient (Wildman–Crippen LogP) is 5.34. The topological polar surface area (TPSA) is 25.8 Å². The van der Waals surface area contributed by atoms with Crippen molar-refractivity contribution in [2.24, 2.45) is 0 Å². The summed E-state index contributed by atoms with van der Waals surface area (Å²) in [6.07, 6.45) is 5.41. The predicted molar refractivity (Wildman–Crippen MR) is 87.2 cm³/mol. The molecule has 0 bridgehead atoms. The van der Waals surface area contributed by atoms with Crippen LogP contribution in [0.4, 0.5) is 0 Å². The quantitative estimate of drug-likeness (QED) is 0.713. The normalized spacial score (nSPS) is 15.6. The van der Waals surface area contributed by atoms with Crippen LogP contribution >= 0.6 is 23.2 Å². The van der Waals surface area contributed by atoms with E-state index >= 15 is 0 Å². The fourth-order valence-electron chi connectivity index (χ4n) is 3.09. The summed E-state index contributed by atoms with van der Waals surface area (Å²) in [5.41, 5.74) is 3.35. The first-order valence-corrected chi connectivity index (χ1v) is 8.16. The Morgan fingerprint density at radius 1 is 1.10 bits per heavy atom. The van der Waals surface area contributed by atoms with Gasteiger partial charge in [-0.1, -0.05) is 65.9 Å². The number of hydrogen-bond acceptors (Lipinski definition) is 2. The molecule has 21 heavy (non-hydrogen) atoms. The monoisotopic (exact) mass is 320 g/mol. The molecule has 0 spiro atoms. The zero-order valence-electron chi connectivity index (χ0n) is 12.1. The first-order chi connectivity index (χ1) is 10.1. The number of halogens is 2. The third-order valence-electron chi connectivity index (χ3n) is 4.11. The van der Waals surface area contributed by atoms with Gasteiger partial charge in [0.1, 0.15) is 16.1 Å². The van der Waals surface area contributed by atoms with E-state index in [0.717, 1.165) is 18.4 Å². The Kier molecular flexibility index (Phi) is 4.46. The number of nitrogens with zero attached hydrogens (tertiary/aromatic N) is 2. The summed E-state index contributed by atoms with van der Waals surface area (Å²) >= 11 is 12.8. The van der Waals surface area contributed by atoms with Gasteiger partial charge in [-0.25, -0.2) is 9.97 Å². The van der Waals surface area contributed by atoms with E-state index in [9.17, 15) is 0 Å². The summed E-state index contributed by atoms with van der Waals surface area (Å²) in [6.45, 7) is 2.08. The minimum Gasteiger partial charge on any atom is -0.220 e. The highest BCUT2D eigenvalue weighted by Crippen LogP contribution is 2.40. The first kappa shape index (κ1) is 14.8. The second-order valence-electron chi connectivity index (χ2n) is 5.78. The van der Waals surface area contributed by atoms with Crippen LogP contribution in [0.3, 0.4) is 0 Å². The molecule has 0 aliphatic heterocycles. The third kappa shape index (κ3) is 3.38. The fraction of sp³-hybridized carbons (Fsp3) is 0.412. The summed E-state index contributed by atoms with van der Waals surface area (Å²) in [6, 6.07) is 8.33. The van der Waals surface area contributed by atoms with Gasteiger partial charge in [-0.2, -0.15) is 0 Å². The highest BCUT2D eigenvalue weighted by atomic mass is 35.5. The smallest absolute Gasteiger partial charge is 0.137 e. The Balaban J connectivity index is 1.87. The molecule has 0 unspecified atom stereocenters. The van der Waals surface area contributed by atoms with Gasteiger partial charge in [0.2, 0.25) is 0 Å². The van der Waals surface area contributed by atoms with E-state index in [4.69, 9.17) is 23.2 Å². The second-order valence-corrected chi connectivity index (χ2v) is 6.50. The molecule has 1 aromatic heterocycles. The maximum absolute atomic E-state index is 6.38. The molecule has 1 fully saturated rings. The van der Waals surface area contributed by atoms with Crippen LogP contribution in [-0.2, 0) is 6.42 Å². The molecule has 3 rings (SSSR count). The molecule has 4 heteroatoms. The molecule has 1 heterocycles. The van der Waals surface area contributed by atoms with Crippen LogP contribution in [0.25, 0.3) is 0 Å². The van der Waals surface area contributed by atoms with Crippen LogP contribution < -0.4 is 0 Å². The number of benzene rings is 1. The van der Waals surface area contributed by atoms with Crippen LogP contribution in [0.2, 0.25) is 10.3 Å². The highest BCUT2D eigenvalue weighted by molar-refractivity contribution is 6.34. The van der Waals surface area contributed by atoms with E-state index in [2.05, 4.69) is 35.1 Å². The Morgan fingerprint density at radius 3 is 2.38 bits per heavy atom. The lowest BCUT2D eigenvalue weighted by atomic mass is 10.0. The van der Waals surface area contributed by atoms with Gasteiger partial charge in [-0.05, 0) is 31.2 Å². The lowest BCUT2D eigenvalue weighted by molar-refractivity contribution is 0.710. The molecule has 1 aliphatic carbocycles. The Bertz CT molecular complexity index is 626. The summed E-state index contributed by atoms with van der Waals surface area (Å²) < 4.78 is 0. The molecule has 0 radical (unpaired) electrons. The van der Waals surface area contributed by atoms with Crippen LogP contribution in [0.5, 0.6) is 0 Å². The van der Waals surface area contributed by atoms with Gasteiger partial charge in [0, 0.05) is 12.0 Å². The average Bonchev–Trinajstić information content (AvgIpc) is 2.91. The van der Waals surface area contributed by atoms with E-state index < -0.39 is 0 Å². The fourth-order valence-corrected chi connectivity index (χ4v) is 3.82. The van der Waals surface area contributed by atoms with Crippen molar-refractivity contribution in [1.29, 1.82) is 0 Å². The van der Waals surface area contributed by atoms with Crippen molar-refractivity contribution >= 4 is 23.2 Å². The van der Waals surface area contributed by atoms with Crippen LogP contribution in [0.15, 0.2) is 24.3 Å². The summed E-state index contributed by atoms with van der Waals surface area (Å²) in [5.74, 6) is 1.12. The van der Waals surface area contributed by atoms with Gasteiger partial charge in [-0.15, -0.1) is 0 Å². The summed E-state index contributed by atoms with van der Waals surface area (Å²) in [7, 11) is 0. The van der Waals surface area contributed by atoms with Crippen molar-refractivity contribution in [3.63, 3.8) is 0 Å². The molecule has 0 N–H and O–H groups in total. The number of hydrogen-bond donors (Lipinski definition) is 0. The summed E-state index contributed by atoms with van der Waals surface area (Å²) in [4.78, 5) is 8.95. The van der Waals surface area contributed by atoms with E-state index in [0.29, 0.717) is 28.5 Å². The molecule has 0 amide bonds. The van der Waals surface area contributed by atoms with Gasteiger partial charge < -0.3 is 0 Å². The standard InChI is InChI=1S/C17H18Cl2N2/c1-11-5-4-6-12(9-11)10-14-20-16(18)15(17(19)21-14)13-7-2-3-8-13/h4-6,9,13H,2-3,7-8,10H2,1H3. The molecule has 1 aliphatic rings. The highest BCUT2D eigenvalue weighted by Gasteiger charge is 2.24. The molecule has 110 valence electrons. The second kappa shape index (κ2) is 6.33. The van der Waals surface area contributed by atoms with Crippen molar-refractivity contribution in [2.75, 3.05) is 0 Å². The number of rotatable bonds is 3. The maximum Gasteiger partial charge on any atom is 0.137 e. The van der Waals surface area contributed by atoms with Gasteiger partial charge in [0.15, 0.2) is 0 Å². The Hall–Kier alpha value is -1.12. The van der Waals surface area contributed by atoms with Gasteiger partial charge in [0.25, 0.3) is 0 Å². The van der Waals surface area contributed by atoms with E-state index in [1.54, 1.807) is 0 Å². The average molecular weight is 321 g/mol. The van der Waals surface area contributed by atoms with Crippen LogP contribution in [0, 0.1) is 6.92 Å². The van der Waals surface area contributed by atoms with Crippen molar-refractivity contribution in [1.82, 2.24) is 9.97 Å². The van der Waals surface area contributed by atoms with E-state index in [-0.39, 0.29) is 0 Å². The minimum absolute atomic E-state index is 0.429. The van der Waals surface area contributed by atoms with Crippen molar-refractivity contribution in [2.45, 2.75) is 44.9 Å². The maximum atomic E-state index is 6.38. The molecule has 2 aromatic rings. The van der Waals surface area contributed by atoms with Crippen molar-refractivity contribution < 1.29 is 0 Å². The number of aromatic nitrogens is 2. The zero-order chi connectivity index (χ0) is 14.8. The van der Waals surface area contributed by atoms with Crippen molar-refractivity contribution in [3.05, 3.63) is 57.1 Å². The van der Waals surface area contributed by atoms with Gasteiger partial charge in [0.05, 0.1) is 0 Å². The van der Waals surface area contributed by atoms with Crippen LogP contribution in [-0.4, -0.2) is 9.97 Å². The van der Waals surface area contributed by atoms with Gasteiger partial charge in [-0.3, -0.25) is 0 Å². The number of aryl methyl sites for hydroxylation is 1. The molecule has 0 atom stereocenters. The Labute approximate surface area is 135 Å². The molecule has 1 aromatic carbocycles. The third-order valence-corrected chi connectivity index (χ3v) is 4.68. The Morgan fingerprint density at radius 2 is 1.76 bits per heavy atom. The lowest BCUT2D eigenvalue weighted by Crippen LogP contribution is -2.04. The molecule has 0 saturated heterocycles. The minimum atomic E-state index is 0.429. The van der Waals surface area contributed by atoms with E-state index in [1.165, 1.54) is 24.0 Å². The van der Waals surface area contributed by atoms with Crippen LogP contribution in [0.1, 0.15) is 54.1 Å². The summed E-state index contributed by atoms with van der Waals surface area (Å²) in [5, 5.41) is 1.06. The lowest BCUT2D eigenvalue weighted by Gasteiger charge is -2.13. The molecular weight excluding hydrogens is 303 g/mol. The first-order valence-electron chi connectivity index (χ1n) is 7.41. The molecule has 1 saturated carbocycles. The largest absolute Gasteiger partial charge is 0.220 e. The zero-order valence-corrected chi connectivity index (χ0v) is 13.6.